The average molecular weight is 191 g/mol. The van der Waals surface area contributed by atoms with Crippen LogP contribution in [0, 0.1) is 0 Å². The second kappa shape index (κ2) is 9.92. The highest BCUT2D eigenvalue weighted by molar-refractivity contribution is 4.61. The molecule has 0 saturated carbocycles. The van der Waals surface area contributed by atoms with Gasteiger partial charge in [-0.3, -0.25) is 0 Å². The minimum absolute atomic E-state index is 0.189. The molecule has 0 heterocycles. The Balaban J connectivity index is 3.05. The van der Waals surface area contributed by atoms with Crippen molar-refractivity contribution in [1.82, 2.24) is 5.32 Å². The summed E-state index contributed by atoms with van der Waals surface area (Å²) < 4.78 is 10.1. The summed E-state index contributed by atoms with van der Waals surface area (Å²) in [5.41, 5.74) is 0. The maximum Gasteiger partial charge on any atom is 0.0700 e. The highest BCUT2D eigenvalue weighted by atomic mass is 16.5. The molecule has 1 unspecified atom stereocenters. The van der Waals surface area contributed by atoms with Crippen molar-refractivity contribution < 1.29 is 14.6 Å². The zero-order valence-corrected chi connectivity index (χ0v) is 8.58. The van der Waals surface area contributed by atoms with Gasteiger partial charge in [-0.1, -0.05) is 6.92 Å². The van der Waals surface area contributed by atoms with Gasteiger partial charge in [0.1, 0.15) is 0 Å². The van der Waals surface area contributed by atoms with Crippen LogP contribution in [0.1, 0.15) is 13.3 Å². The molecule has 13 heavy (non-hydrogen) atoms. The van der Waals surface area contributed by atoms with Crippen molar-refractivity contribution in [2.45, 2.75) is 19.4 Å². The molecule has 0 rings (SSSR count). The van der Waals surface area contributed by atoms with Gasteiger partial charge >= 0.3 is 0 Å². The smallest absolute Gasteiger partial charge is 0.0700 e. The number of ether oxygens (including phenoxy) is 2. The summed E-state index contributed by atoms with van der Waals surface area (Å²) in [4.78, 5) is 0. The molecule has 0 aromatic heterocycles. The molecule has 0 bridgehead atoms. The zero-order chi connectivity index (χ0) is 9.94. The van der Waals surface area contributed by atoms with E-state index < -0.39 is 0 Å². The summed E-state index contributed by atoms with van der Waals surface area (Å²) in [5.74, 6) is 0. The van der Waals surface area contributed by atoms with Crippen molar-refractivity contribution in [2.24, 2.45) is 0 Å². The lowest BCUT2D eigenvalue weighted by Crippen LogP contribution is -2.34. The van der Waals surface area contributed by atoms with Crippen molar-refractivity contribution in [1.29, 1.82) is 0 Å². The Kier molecular flexibility index (Phi) is 9.80. The van der Waals surface area contributed by atoms with Gasteiger partial charge in [-0.15, -0.1) is 0 Å². The third kappa shape index (κ3) is 8.18. The van der Waals surface area contributed by atoms with E-state index >= 15 is 0 Å². The van der Waals surface area contributed by atoms with Crippen LogP contribution < -0.4 is 5.32 Å². The van der Waals surface area contributed by atoms with Crippen LogP contribution in [0.5, 0.6) is 0 Å². The van der Waals surface area contributed by atoms with Gasteiger partial charge in [0.05, 0.1) is 26.4 Å². The lowest BCUT2D eigenvalue weighted by molar-refractivity contribution is 0.0699. The third-order valence-electron chi connectivity index (χ3n) is 1.82. The highest BCUT2D eigenvalue weighted by Crippen LogP contribution is 1.87. The minimum Gasteiger partial charge on any atom is -0.395 e. The molecule has 0 aromatic carbocycles. The van der Waals surface area contributed by atoms with Gasteiger partial charge in [-0.2, -0.15) is 0 Å². The number of rotatable bonds is 9. The Morgan fingerprint density at radius 1 is 1.31 bits per heavy atom. The van der Waals surface area contributed by atoms with Crippen molar-refractivity contribution in [3.05, 3.63) is 0 Å². The van der Waals surface area contributed by atoms with E-state index in [4.69, 9.17) is 14.6 Å². The summed E-state index contributed by atoms with van der Waals surface area (Å²) in [6.45, 7) is 4.95. The Morgan fingerprint density at radius 3 is 2.62 bits per heavy atom. The Bertz CT molecular complexity index is 96.9. The van der Waals surface area contributed by atoms with Crippen LogP contribution in [0.25, 0.3) is 0 Å². The van der Waals surface area contributed by atoms with Gasteiger partial charge in [0, 0.05) is 19.7 Å². The monoisotopic (exact) mass is 191 g/mol. The topological polar surface area (TPSA) is 50.7 Å². The van der Waals surface area contributed by atoms with Crippen LogP contribution in [0.15, 0.2) is 0 Å². The molecular formula is C9H21NO3. The van der Waals surface area contributed by atoms with E-state index in [9.17, 15) is 0 Å². The van der Waals surface area contributed by atoms with Crippen LogP contribution >= 0.6 is 0 Å². The van der Waals surface area contributed by atoms with Crippen molar-refractivity contribution in [3.63, 3.8) is 0 Å². The van der Waals surface area contributed by atoms with Crippen LogP contribution in [-0.2, 0) is 9.47 Å². The number of aliphatic hydroxyl groups is 1. The van der Waals surface area contributed by atoms with Gasteiger partial charge in [0.2, 0.25) is 0 Å². The molecule has 2 N–H and O–H groups in total. The summed E-state index contributed by atoms with van der Waals surface area (Å²) in [5, 5.41) is 12.0. The quantitative estimate of drug-likeness (QED) is 0.504. The van der Waals surface area contributed by atoms with E-state index in [1.54, 1.807) is 7.11 Å². The molecule has 0 aliphatic rings. The van der Waals surface area contributed by atoms with Gasteiger partial charge in [0.25, 0.3) is 0 Å². The molecule has 0 aliphatic carbocycles. The number of hydrogen-bond acceptors (Lipinski definition) is 4. The predicted octanol–water partition coefficient (Wildman–Crippen LogP) is 0.00990. The van der Waals surface area contributed by atoms with E-state index in [2.05, 4.69) is 5.32 Å². The van der Waals surface area contributed by atoms with Crippen molar-refractivity contribution in [2.75, 3.05) is 40.1 Å². The van der Waals surface area contributed by atoms with E-state index in [0.29, 0.717) is 19.8 Å². The van der Waals surface area contributed by atoms with E-state index in [1.807, 2.05) is 6.92 Å². The van der Waals surface area contributed by atoms with Gasteiger partial charge in [-0.05, 0) is 6.42 Å². The fraction of sp³-hybridized carbons (Fsp3) is 1.00. The average Bonchev–Trinajstić information content (AvgIpc) is 2.17. The Labute approximate surface area is 80.2 Å². The van der Waals surface area contributed by atoms with Gasteiger partial charge in [0.15, 0.2) is 0 Å². The molecule has 0 radical (unpaired) electrons. The molecule has 4 heteroatoms. The predicted molar refractivity (Wildman–Crippen MR) is 51.9 cm³/mol. The maximum absolute atomic E-state index is 8.84. The van der Waals surface area contributed by atoms with Crippen LogP contribution in [0.2, 0.25) is 0 Å². The highest BCUT2D eigenvalue weighted by Gasteiger charge is 2.01. The molecule has 0 aliphatic heterocycles. The fourth-order valence-electron chi connectivity index (χ4n) is 0.918. The molecule has 4 nitrogen and oxygen atoms in total. The molecule has 0 saturated heterocycles. The lowest BCUT2D eigenvalue weighted by Gasteiger charge is -2.13. The number of nitrogens with one attached hydrogen (secondary N) is 1. The number of aliphatic hydroxyl groups excluding tert-OH is 1. The molecule has 1 atom stereocenters. The van der Waals surface area contributed by atoms with Gasteiger partial charge in [-0.25, -0.2) is 0 Å². The summed E-state index contributed by atoms with van der Waals surface area (Å²) in [6.07, 6.45) is 0.939. The van der Waals surface area contributed by atoms with Crippen LogP contribution in [0.4, 0.5) is 0 Å². The largest absolute Gasteiger partial charge is 0.395 e. The first-order chi connectivity index (χ1) is 6.35. The molecular weight excluding hydrogens is 170 g/mol. The summed E-state index contributed by atoms with van der Waals surface area (Å²) in [6, 6.07) is 0.200. The summed E-state index contributed by atoms with van der Waals surface area (Å²) >= 11 is 0. The van der Waals surface area contributed by atoms with Crippen molar-refractivity contribution >= 4 is 0 Å². The van der Waals surface area contributed by atoms with Crippen molar-refractivity contribution in [3.8, 4) is 0 Å². The van der Waals surface area contributed by atoms with E-state index in [-0.39, 0.29) is 12.6 Å². The van der Waals surface area contributed by atoms with Crippen LogP contribution in [0.3, 0.4) is 0 Å². The Morgan fingerprint density at radius 2 is 2.08 bits per heavy atom. The lowest BCUT2D eigenvalue weighted by atomic mass is 10.2. The zero-order valence-electron chi connectivity index (χ0n) is 8.58. The van der Waals surface area contributed by atoms with E-state index in [1.165, 1.54) is 0 Å². The Hall–Kier alpha value is -0.160. The second-order valence-electron chi connectivity index (χ2n) is 2.85. The molecule has 80 valence electrons. The molecule has 0 spiro atoms. The normalized spacial score (nSPS) is 13.2. The van der Waals surface area contributed by atoms with Crippen LogP contribution in [-0.4, -0.2) is 51.2 Å². The van der Waals surface area contributed by atoms with E-state index in [0.717, 1.165) is 13.0 Å². The number of methoxy groups -OCH3 is 1. The maximum atomic E-state index is 8.84. The standard InChI is InChI=1S/C9H21NO3/c1-3-9(8-11)10-4-5-13-7-6-12-2/h9-11H,3-8H2,1-2H3. The molecule has 0 aromatic rings. The third-order valence-corrected chi connectivity index (χ3v) is 1.82. The molecule has 0 fully saturated rings. The first kappa shape index (κ1) is 12.8. The minimum atomic E-state index is 0.189. The first-order valence-electron chi connectivity index (χ1n) is 4.76. The fourth-order valence-corrected chi connectivity index (χ4v) is 0.918. The van der Waals surface area contributed by atoms with Gasteiger partial charge < -0.3 is 19.9 Å². The molecule has 0 amide bonds. The SMILES string of the molecule is CCC(CO)NCCOCCOC. The number of hydrogen-bond donors (Lipinski definition) is 2. The first-order valence-corrected chi connectivity index (χ1v) is 4.76. The summed E-state index contributed by atoms with van der Waals surface area (Å²) in [7, 11) is 1.65. The second-order valence-corrected chi connectivity index (χ2v) is 2.85.